The van der Waals surface area contributed by atoms with E-state index in [0.29, 0.717) is 0 Å². The highest BCUT2D eigenvalue weighted by molar-refractivity contribution is 5.87. The van der Waals surface area contributed by atoms with E-state index in [2.05, 4.69) is 233 Å². The Hall–Kier alpha value is -6.84. The largest absolute Gasteiger partial charge is 0.457 e. The zero-order chi connectivity index (χ0) is 40.5. The Bertz CT molecular complexity index is 2650. The monoisotopic (exact) mass is 764 g/mol. The molecule has 0 N–H and O–H groups in total. The van der Waals surface area contributed by atoms with Gasteiger partial charge in [-0.25, -0.2) is 0 Å². The first-order valence-electron chi connectivity index (χ1n) is 20.7. The fraction of sp³-hybridized carbons (Fsp3) is 0.143. The normalized spacial score (nSPS) is 13.9. The first-order chi connectivity index (χ1) is 28.6. The van der Waals surface area contributed by atoms with Gasteiger partial charge in [0.1, 0.15) is 11.5 Å². The first-order valence-corrected chi connectivity index (χ1v) is 20.7. The molecule has 0 radical (unpaired) electrons. The van der Waals surface area contributed by atoms with Gasteiger partial charge < -0.3 is 14.5 Å². The molecule has 0 heterocycles. The second kappa shape index (κ2) is 13.9. The van der Waals surface area contributed by atoms with Crippen molar-refractivity contribution in [2.75, 3.05) is 9.80 Å². The van der Waals surface area contributed by atoms with Crippen LogP contribution in [0.3, 0.4) is 0 Å². The highest BCUT2D eigenvalue weighted by Crippen LogP contribution is 2.52. The molecule has 0 aromatic heterocycles. The molecule has 0 fully saturated rings. The molecule has 0 aliphatic heterocycles. The SMILES string of the molecule is Cc1ccc(N(c2ccc(Oc3ccc(N(c4ccc(C)cc4)c4ccc5c(c4)C(C)(C)c4ccccc4-5)cc3)cc2)c2ccc3c(c2)C(C)(C)c2ccccc2-3)cc1. The van der Waals surface area contributed by atoms with Crippen LogP contribution in [0.1, 0.15) is 61.1 Å². The standard InChI is InChI=1S/C56H48N2O/c1-37-15-19-39(20-16-37)57(43-27-33-49-47-11-7-9-13-51(47)55(3,4)53(49)35-43)41-23-29-45(30-24-41)59-46-31-25-42(26-32-46)58(40-21-17-38(2)18-22-40)44-28-34-50-48-12-8-10-14-52(48)56(5,6)54(50)36-44/h7-36H,1-6H3. The molecule has 3 heteroatoms. The number of aryl methyl sites for hydroxylation is 2. The molecule has 2 aliphatic rings. The summed E-state index contributed by atoms with van der Waals surface area (Å²) in [5, 5.41) is 0. The first kappa shape index (κ1) is 36.5. The molecule has 59 heavy (non-hydrogen) atoms. The third-order valence-corrected chi connectivity index (χ3v) is 12.7. The summed E-state index contributed by atoms with van der Waals surface area (Å²) < 4.78 is 6.51. The van der Waals surface area contributed by atoms with Gasteiger partial charge in [-0.05, 0) is 155 Å². The van der Waals surface area contributed by atoms with E-state index >= 15 is 0 Å². The van der Waals surface area contributed by atoms with Gasteiger partial charge in [-0.1, -0.05) is 124 Å². The molecule has 10 rings (SSSR count). The Morgan fingerprint density at radius 2 is 0.627 bits per heavy atom. The van der Waals surface area contributed by atoms with Crippen molar-refractivity contribution in [1.29, 1.82) is 0 Å². The smallest absolute Gasteiger partial charge is 0.127 e. The van der Waals surface area contributed by atoms with E-state index in [1.54, 1.807) is 0 Å². The van der Waals surface area contributed by atoms with E-state index in [9.17, 15) is 0 Å². The van der Waals surface area contributed by atoms with Crippen LogP contribution in [0.5, 0.6) is 11.5 Å². The molecule has 0 bridgehead atoms. The van der Waals surface area contributed by atoms with Gasteiger partial charge in [0.15, 0.2) is 0 Å². The third-order valence-electron chi connectivity index (χ3n) is 12.7. The van der Waals surface area contributed by atoms with Gasteiger partial charge in [0.05, 0.1) is 0 Å². The molecule has 8 aromatic rings. The summed E-state index contributed by atoms with van der Waals surface area (Å²) in [5.41, 5.74) is 19.7. The lowest BCUT2D eigenvalue weighted by Crippen LogP contribution is -2.16. The van der Waals surface area contributed by atoms with Crippen LogP contribution in [0.4, 0.5) is 34.1 Å². The van der Waals surface area contributed by atoms with Crippen LogP contribution in [-0.4, -0.2) is 0 Å². The number of anilines is 6. The van der Waals surface area contributed by atoms with E-state index in [0.717, 1.165) is 45.6 Å². The van der Waals surface area contributed by atoms with Crippen LogP contribution in [0.15, 0.2) is 182 Å². The van der Waals surface area contributed by atoms with Crippen molar-refractivity contribution in [1.82, 2.24) is 0 Å². The van der Waals surface area contributed by atoms with Crippen LogP contribution in [0, 0.1) is 13.8 Å². The van der Waals surface area contributed by atoms with Crippen LogP contribution in [0.25, 0.3) is 22.3 Å². The minimum atomic E-state index is -0.0874. The quantitative estimate of drug-likeness (QED) is 0.153. The lowest BCUT2D eigenvalue weighted by Gasteiger charge is -2.28. The van der Waals surface area contributed by atoms with Gasteiger partial charge in [0.2, 0.25) is 0 Å². The molecule has 3 nitrogen and oxygen atoms in total. The van der Waals surface area contributed by atoms with Gasteiger partial charge in [-0.15, -0.1) is 0 Å². The fourth-order valence-corrected chi connectivity index (χ4v) is 9.41. The van der Waals surface area contributed by atoms with Crippen molar-refractivity contribution in [2.45, 2.75) is 52.4 Å². The zero-order valence-electron chi connectivity index (χ0n) is 34.6. The predicted molar refractivity (Wildman–Crippen MR) is 247 cm³/mol. The van der Waals surface area contributed by atoms with E-state index < -0.39 is 0 Å². The summed E-state index contributed by atoms with van der Waals surface area (Å²) in [4.78, 5) is 4.69. The van der Waals surface area contributed by atoms with Crippen molar-refractivity contribution in [3.63, 3.8) is 0 Å². The van der Waals surface area contributed by atoms with Crippen molar-refractivity contribution in [2.24, 2.45) is 0 Å². The fourth-order valence-electron chi connectivity index (χ4n) is 9.41. The van der Waals surface area contributed by atoms with Crippen LogP contribution in [-0.2, 0) is 10.8 Å². The molecule has 8 aromatic carbocycles. The molecule has 0 saturated carbocycles. The lowest BCUT2D eigenvalue weighted by atomic mass is 9.82. The summed E-state index contributed by atoms with van der Waals surface area (Å²) in [7, 11) is 0. The Labute approximate surface area is 348 Å². The van der Waals surface area contributed by atoms with Crippen molar-refractivity contribution in [3.05, 3.63) is 215 Å². The second-order valence-electron chi connectivity index (χ2n) is 17.2. The number of rotatable bonds is 8. The molecule has 0 unspecified atom stereocenters. The number of fused-ring (bicyclic) bond motifs is 6. The number of nitrogens with zero attached hydrogens (tertiary/aromatic N) is 2. The summed E-state index contributed by atoms with van der Waals surface area (Å²) >= 11 is 0. The van der Waals surface area contributed by atoms with Gasteiger partial charge in [0, 0.05) is 45.0 Å². The van der Waals surface area contributed by atoms with E-state index in [1.807, 2.05) is 0 Å². The van der Waals surface area contributed by atoms with Crippen LogP contribution >= 0.6 is 0 Å². The Kier molecular flexibility index (Phi) is 8.61. The third kappa shape index (κ3) is 6.20. The predicted octanol–water partition coefficient (Wildman–Crippen LogP) is 15.6. The summed E-state index contributed by atoms with van der Waals surface area (Å²) in [6, 6.07) is 65.9. The molecule has 288 valence electrons. The average molecular weight is 765 g/mol. The summed E-state index contributed by atoms with van der Waals surface area (Å²) in [5.74, 6) is 1.57. The molecule has 0 saturated heterocycles. The van der Waals surface area contributed by atoms with Crippen molar-refractivity contribution < 1.29 is 4.74 Å². The van der Waals surface area contributed by atoms with Crippen molar-refractivity contribution in [3.8, 4) is 33.8 Å². The minimum Gasteiger partial charge on any atom is -0.457 e. The van der Waals surface area contributed by atoms with E-state index in [1.165, 1.54) is 55.6 Å². The topological polar surface area (TPSA) is 15.7 Å². The number of benzene rings is 8. The van der Waals surface area contributed by atoms with Gasteiger partial charge in [-0.3, -0.25) is 0 Å². The van der Waals surface area contributed by atoms with Gasteiger partial charge in [-0.2, -0.15) is 0 Å². The second-order valence-corrected chi connectivity index (χ2v) is 17.2. The Morgan fingerprint density at radius 1 is 0.322 bits per heavy atom. The maximum atomic E-state index is 6.51. The van der Waals surface area contributed by atoms with Gasteiger partial charge >= 0.3 is 0 Å². The van der Waals surface area contributed by atoms with E-state index in [4.69, 9.17) is 4.74 Å². The molecular formula is C56H48N2O. The van der Waals surface area contributed by atoms with E-state index in [-0.39, 0.29) is 10.8 Å². The Morgan fingerprint density at radius 3 is 1.00 bits per heavy atom. The number of ether oxygens (including phenoxy) is 1. The lowest BCUT2D eigenvalue weighted by molar-refractivity contribution is 0.483. The molecule has 0 atom stereocenters. The summed E-state index contributed by atoms with van der Waals surface area (Å²) in [6.07, 6.45) is 0. The highest BCUT2D eigenvalue weighted by atomic mass is 16.5. The minimum absolute atomic E-state index is 0.0874. The summed E-state index contributed by atoms with van der Waals surface area (Å²) in [6.45, 7) is 13.6. The Balaban J connectivity index is 0.946. The maximum absolute atomic E-state index is 6.51. The maximum Gasteiger partial charge on any atom is 0.127 e. The number of hydrogen-bond acceptors (Lipinski definition) is 3. The highest BCUT2D eigenvalue weighted by Gasteiger charge is 2.37. The van der Waals surface area contributed by atoms with Gasteiger partial charge in [0.25, 0.3) is 0 Å². The molecule has 2 aliphatic carbocycles. The molecular weight excluding hydrogens is 717 g/mol. The average Bonchev–Trinajstić information content (AvgIpc) is 3.62. The number of hydrogen-bond donors (Lipinski definition) is 0. The van der Waals surface area contributed by atoms with Crippen LogP contribution < -0.4 is 14.5 Å². The molecule has 0 spiro atoms. The zero-order valence-corrected chi connectivity index (χ0v) is 34.6. The van der Waals surface area contributed by atoms with Crippen LogP contribution in [0.2, 0.25) is 0 Å². The van der Waals surface area contributed by atoms with Crippen molar-refractivity contribution >= 4 is 34.1 Å². The molecule has 0 amide bonds.